The van der Waals surface area contributed by atoms with Crippen molar-refractivity contribution in [2.75, 3.05) is 32.5 Å². The molecule has 3 aromatic rings. The van der Waals surface area contributed by atoms with Crippen molar-refractivity contribution in [2.45, 2.75) is 50.1 Å². The molecule has 3 rings (SSSR count). The zero-order valence-corrected chi connectivity index (χ0v) is 24.6. The van der Waals surface area contributed by atoms with E-state index in [1.54, 1.807) is 0 Å². The summed E-state index contributed by atoms with van der Waals surface area (Å²) in [7, 11) is -2.66. The van der Waals surface area contributed by atoms with Gasteiger partial charge in [0.05, 0.1) is 18.6 Å². The summed E-state index contributed by atoms with van der Waals surface area (Å²) >= 11 is 0. The van der Waals surface area contributed by atoms with Crippen LogP contribution in [0.2, 0.25) is 0 Å². The van der Waals surface area contributed by atoms with Gasteiger partial charge in [-0.2, -0.15) is 4.31 Å². The van der Waals surface area contributed by atoms with Gasteiger partial charge in [-0.3, -0.25) is 4.79 Å². The molecular weight excluding hydrogens is 544 g/mol. The fraction of sp³-hybridized carbons (Fsp3) is 0.400. The van der Waals surface area contributed by atoms with Crippen LogP contribution in [0.4, 0.5) is 10.5 Å². The average molecular weight is 585 g/mol. The topological polar surface area (TPSA) is 151 Å². The van der Waals surface area contributed by atoms with Crippen LogP contribution in [0.15, 0.2) is 71.6 Å². The number of rotatable bonds is 14. The number of nitrogens with two attached hydrogens (primary N) is 1. The lowest BCUT2D eigenvalue weighted by atomic mass is 10.0. The number of aliphatic hydroxyl groups excluding tert-OH is 1. The van der Waals surface area contributed by atoms with Crippen molar-refractivity contribution >= 4 is 38.5 Å². The SMILES string of the molecule is COC(=O)N[C@@H](Cc1ccc2ccccc2c1)C(=O)NCCC[C@@H](CO)N(CC(C)C)S(=O)(=O)c1ccc(N)cc1. The fourth-order valence-electron chi connectivity index (χ4n) is 4.59. The van der Waals surface area contributed by atoms with Gasteiger partial charge in [-0.15, -0.1) is 0 Å². The second-order valence-corrected chi connectivity index (χ2v) is 12.3. The maximum absolute atomic E-state index is 13.4. The van der Waals surface area contributed by atoms with Gasteiger partial charge < -0.3 is 26.2 Å². The Bertz CT molecular complexity index is 1410. The third-order valence-corrected chi connectivity index (χ3v) is 8.64. The van der Waals surface area contributed by atoms with E-state index in [9.17, 15) is 23.1 Å². The first-order valence-electron chi connectivity index (χ1n) is 13.6. The highest BCUT2D eigenvalue weighted by atomic mass is 32.2. The van der Waals surface area contributed by atoms with Crippen LogP contribution in [0.5, 0.6) is 0 Å². The normalized spacial score (nSPS) is 13.2. The van der Waals surface area contributed by atoms with Crippen LogP contribution in [0.3, 0.4) is 0 Å². The minimum Gasteiger partial charge on any atom is -0.453 e. The quantitative estimate of drug-likeness (QED) is 0.168. The minimum atomic E-state index is -3.89. The first-order valence-corrected chi connectivity index (χ1v) is 15.1. The Morgan fingerprint density at radius 3 is 2.34 bits per heavy atom. The summed E-state index contributed by atoms with van der Waals surface area (Å²) in [5, 5.41) is 17.7. The van der Waals surface area contributed by atoms with E-state index < -0.39 is 34.1 Å². The monoisotopic (exact) mass is 584 g/mol. The smallest absolute Gasteiger partial charge is 0.407 e. The number of nitrogens with one attached hydrogen (secondary N) is 2. The number of sulfonamides is 1. The number of nitrogens with zero attached hydrogens (tertiary/aromatic N) is 1. The zero-order valence-electron chi connectivity index (χ0n) is 23.7. The van der Waals surface area contributed by atoms with Crippen molar-refractivity contribution < 1.29 is 27.9 Å². The molecule has 222 valence electrons. The lowest BCUT2D eigenvalue weighted by Gasteiger charge is -2.31. The lowest BCUT2D eigenvalue weighted by Crippen LogP contribution is -2.48. The summed E-state index contributed by atoms with van der Waals surface area (Å²) in [6, 6.07) is 18.1. The molecule has 0 heterocycles. The highest BCUT2D eigenvalue weighted by Gasteiger charge is 2.31. The third kappa shape index (κ3) is 8.91. The molecule has 2 atom stereocenters. The van der Waals surface area contributed by atoms with E-state index in [0.29, 0.717) is 18.5 Å². The number of hydrogen-bond acceptors (Lipinski definition) is 7. The van der Waals surface area contributed by atoms with E-state index in [0.717, 1.165) is 16.3 Å². The standard InChI is InChI=1S/C30H40N4O6S/c1-21(2)19-34(41(38,39)27-14-12-25(31)13-15-27)26(20-35)9-6-16-32-29(36)28(33-30(37)40-3)18-22-10-11-23-7-4-5-8-24(23)17-22/h4-5,7-8,10-15,17,21,26,28,35H,6,9,16,18-20,31H2,1-3H3,(H,32,36)(H,33,37)/t26-,28-/m0/s1. The maximum Gasteiger partial charge on any atom is 0.407 e. The molecule has 0 fully saturated rings. The second-order valence-electron chi connectivity index (χ2n) is 10.4. The van der Waals surface area contributed by atoms with Crippen LogP contribution in [0.25, 0.3) is 10.8 Å². The minimum absolute atomic E-state index is 0.0209. The molecule has 5 N–H and O–H groups in total. The molecule has 0 radical (unpaired) electrons. The fourth-order valence-corrected chi connectivity index (χ4v) is 6.40. The van der Waals surface area contributed by atoms with Crippen molar-refractivity contribution in [3.8, 4) is 0 Å². The number of carbonyl (C=O) groups is 2. The summed E-state index contributed by atoms with van der Waals surface area (Å²) in [4.78, 5) is 25.2. The molecule has 0 spiro atoms. The van der Waals surface area contributed by atoms with Gasteiger partial charge in [0.2, 0.25) is 15.9 Å². The van der Waals surface area contributed by atoms with Crippen LogP contribution in [0, 0.1) is 5.92 Å². The van der Waals surface area contributed by atoms with Gasteiger partial charge in [-0.05, 0) is 59.4 Å². The second kappa shape index (κ2) is 14.8. The van der Waals surface area contributed by atoms with Crippen LogP contribution in [-0.2, 0) is 26.0 Å². The van der Waals surface area contributed by atoms with Gasteiger partial charge in [0.15, 0.2) is 0 Å². The highest BCUT2D eigenvalue weighted by molar-refractivity contribution is 7.89. The Morgan fingerprint density at radius 2 is 1.71 bits per heavy atom. The van der Waals surface area contributed by atoms with Crippen LogP contribution >= 0.6 is 0 Å². The van der Waals surface area contributed by atoms with Crippen molar-refractivity contribution in [2.24, 2.45) is 5.92 Å². The number of methoxy groups -OCH3 is 1. The first kappa shape index (κ1) is 31.9. The highest BCUT2D eigenvalue weighted by Crippen LogP contribution is 2.23. The molecule has 3 aromatic carbocycles. The Balaban J connectivity index is 1.65. The Kier molecular flexibility index (Phi) is 11.5. The van der Waals surface area contributed by atoms with Gasteiger partial charge in [-0.25, -0.2) is 13.2 Å². The average Bonchev–Trinajstić information content (AvgIpc) is 2.95. The van der Waals surface area contributed by atoms with E-state index in [4.69, 9.17) is 10.5 Å². The molecule has 2 amide bonds. The molecule has 11 heteroatoms. The summed E-state index contributed by atoms with van der Waals surface area (Å²) in [5.41, 5.74) is 7.05. The number of benzene rings is 3. The largest absolute Gasteiger partial charge is 0.453 e. The molecule has 0 saturated heterocycles. The van der Waals surface area contributed by atoms with E-state index in [-0.39, 0.29) is 36.9 Å². The first-order chi connectivity index (χ1) is 19.5. The summed E-state index contributed by atoms with van der Waals surface area (Å²) in [5.74, 6) is -0.370. The molecule has 0 aliphatic heterocycles. The van der Waals surface area contributed by atoms with Crippen LogP contribution in [0.1, 0.15) is 32.3 Å². The molecule has 0 aliphatic carbocycles. The van der Waals surface area contributed by atoms with Crippen molar-refractivity contribution in [1.29, 1.82) is 0 Å². The van der Waals surface area contributed by atoms with Crippen molar-refractivity contribution in [3.05, 3.63) is 72.3 Å². The third-order valence-electron chi connectivity index (χ3n) is 6.71. The number of hydrogen-bond donors (Lipinski definition) is 4. The summed E-state index contributed by atoms with van der Waals surface area (Å²) in [6.07, 6.45) is 0.261. The molecule has 10 nitrogen and oxygen atoms in total. The molecule has 0 unspecified atom stereocenters. The molecular formula is C30H40N4O6S. The molecule has 0 bridgehead atoms. The van der Waals surface area contributed by atoms with Gasteiger partial charge in [0.25, 0.3) is 0 Å². The number of anilines is 1. The van der Waals surface area contributed by atoms with Gasteiger partial charge in [-0.1, -0.05) is 56.3 Å². The lowest BCUT2D eigenvalue weighted by molar-refractivity contribution is -0.123. The van der Waals surface area contributed by atoms with Gasteiger partial charge in [0.1, 0.15) is 6.04 Å². The predicted molar refractivity (Wildman–Crippen MR) is 160 cm³/mol. The maximum atomic E-state index is 13.4. The molecule has 0 saturated carbocycles. The van der Waals surface area contributed by atoms with E-state index in [2.05, 4.69) is 10.6 Å². The number of alkyl carbamates (subject to hydrolysis) is 1. The van der Waals surface area contributed by atoms with E-state index in [1.807, 2.05) is 56.3 Å². The Hall–Kier alpha value is -3.67. The summed E-state index contributed by atoms with van der Waals surface area (Å²) < 4.78 is 32.9. The number of aliphatic hydroxyl groups is 1. The number of ether oxygens (including phenoxy) is 1. The van der Waals surface area contributed by atoms with Crippen molar-refractivity contribution in [1.82, 2.24) is 14.9 Å². The van der Waals surface area contributed by atoms with E-state index in [1.165, 1.54) is 35.7 Å². The predicted octanol–water partition coefficient (Wildman–Crippen LogP) is 3.29. The number of fused-ring (bicyclic) bond motifs is 1. The van der Waals surface area contributed by atoms with Crippen LogP contribution in [-0.4, -0.2) is 68.7 Å². The Labute approximate surface area is 241 Å². The van der Waals surface area contributed by atoms with Crippen LogP contribution < -0.4 is 16.4 Å². The van der Waals surface area contributed by atoms with Gasteiger partial charge >= 0.3 is 6.09 Å². The number of amides is 2. The zero-order chi connectivity index (χ0) is 30.0. The number of nitrogen functional groups attached to an aromatic ring is 1. The van der Waals surface area contributed by atoms with Gasteiger partial charge in [0, 0.05) is 31.2 Å². The van der Waals surface area contributed by atoms with Crippen molar-refractivity contribution in [3.63, 3.8) is 0 Å². The Morgan fingerprint density at radius 1 is 1.02 bits per heavy atom. The summed E-state index contributed by atoms with van der Waals surface area (Å²) in [6.45, 7) is 3.89. The number of carbonyl (C=O) groups excluding carboxylic acids is 2. The molecule has 0 aliphatic rings. The van der Waals surface area contributed by atoms with E-state index >= 15 is 0 Å². The molecule has 41 heavy (non-hydrogen) atoms. The molecule has 0 aromatic heterocycles.